The Morgan fingerprint density at radius 3 is 2.67 bits per heavy atom. The average Bonchev–Trinajstić information content (AvgIpc) is 2.01. The molecule has 0 aromatic heterocycles. The van der Waals surface area contributed by atoms with Gasteiger partial charge < -0.3 is 4.74 Å². The quantitative estimate of drug-likeness (QED) is 0.661. The first-order valence-corrected chi connectivity index (χ1v) is 5.30. The molecule has 0 saturated carbocycles. The molecule has 0 rings (SSSR count). The van der Waals surface area contributed by atoms with Gasteiger partial charge in [-0.25, -0.2) is 0 Å². The van der Waals surface area contributed by atoms with Crippen LogP contribution < -0.4 is 0 Å². The van der Waals surface area contributed by atoms with Crippen molar-refractivity contribution in [3.8, 4) is 0 Å². The minimum absolute atomic E-state index is 0.107. The maximum absolute atomic E-state index is 11.1. The van der Waals surface area contributed by atoms with Gasteiger partial charge in [0.2, 0.25) is 4.38 Å². The first kappa shape index (κ1) is 11.9. The molecular weight excluding hydrogens is 192 g/mol. The van der Waals surface area contributed by atoms with E-state index in [0.29, 0.717) is 17.4 Å². The van der Waals surface area contributed by atoms with Crippen LogP contribution in [0.25, 0.3) is 0 Å². The van der Waals surface area contributed by atoms with E-state index in [2.05, 4.69) is 6.92 Å². The summed E-state index contributed by atoms with van der Waals surface area (Å²) in [6.07, 6.45) is 2.56. The highest BCUT2D eigenvalue weighted by Crippen LogP contribution is 2.11. The number of ether oxygens (including phenoxy) is 1. The van der Waals surface area contributed by atoms with E-state index < -0.39 is 0 Å². The van der Waals surface area contributed by atoms with E-state index in [4.69, 9.17) is 17.0 Å². The summed E-state index contributed by atoms with van der Waals surface area (Å²) in [4.78, 5) is 11.1. The van der Waals surface area contributed by atoms with Gasteiger partial charge in [-0.3, -0.25) is 4.79 Å². The van der Waals surface area contributed by atoms with Gasteiger partial charge in [-0.1, -0.05) is 13.3 Å². The zero-order valence-electron chi connectivity index (χ0n) is 7.46. The lowest BCUT2D eigenvalue weighted by atomic mass is 10.3. The number of thioether (sulfide) groups is 1. The average molecular weight is 206 g/mol. The van der Waals surface area contributed by atoms with E-state index in [9.17, 15) is 4.79 Å². The third-order valence-electron chi connectivity index (χ3n) is 1.19. The maximum atomic E-state index is 11.1. The van der Waals surface area contributed by atoms with Crippen molar-refractivity contribution in [1.82, 2.24) is 0 Å². The Labute approximate surface area is 83.1 Å². The van der Waals surface area contributed by atoms with Gasteiger partial charge >= 0.3 is 0 Å². The zero-order valence-corrected chi connectivity index (χ0v) is 9.09. The summed E-state index contributed by atoms with van der Waals surface area (Å²) in [7, 11) is 0. The van der Waals surface area contributed by atoms with Crippen LogP contribution in [0.4, 0.5) is 0 Å². The van der Waals surface area contributed by atoms with E-state index in [0.717, 1.165) is 24.6 Å². The fourth-order valence-corrected chi connectivity index (χ4v) is 1.62. The van der Waals surface area contributed by atoms with Gasteiger partial charge in [0.15, 0.2) is 5.12 Å². The van der Waals surface area contributed by atoms with Crippen molar-refractivity contribution in [3.63, 3.8) is 0 Å². The Bertz CT molecular complexity index is 157. The molecule has 0 amide bonds. The standard InChI is InChI=1S/C8H14O2S2/c1-3-5-6-7(9)12-8(11)10-4-2/h3-6H2,1-2H3. The van der Waals surface area contributed by atoms with Crippen LogP contribution in [0, 0.1) is 0 Å². The van der Waals surface area contributed by atoms with Crippen LogP contribution in [0.15, 0.2) is 0 Å². The Morgan fingerprint density at radius 2 is 2.17 bits per heavy atom. The molecule has 0 aliphatic rings. The number of hydrogen-bond acceptors (Lipinski definition) is 4. The Hall–Kier alpha value is -0.0900. The van der Waals surface area contributed by atoms with Gasteiger partial charge in [-0.05, 0) is 37.3 Å². The summed E-state index contributed by atoms with van der Waals surface area (Å²) in [6.45, 7) is 4.44. The van der Waals surface area contributed by atoms with Crippen molar-refractivity contribution < 1.29 is 9.53 Å². The third kappa shape index (κ3) is 6.61. The molecule has 0 atom stereocenters. The molecule has 0 unspecified atom stereocenters. The molecule has 0 aromatic rings. The van der Waals surface area contributed by atoms with Gasteiger partial charge in [-0.2, -0.15) is 0 Å². The molecule has 0 radical (unpaired) electrons. The largest absolute Gasteiger partial charge is 0.479 e. The summed E-state index contributed by atoms with van der Waals surface area (Å²) in [5.41, 5.74) is 0. The lowest BCUT2D eigenvalue weighted by Crippen LogP contribution is -2.01. The molecule has 0 spiro atoms. The van der Waals surface area contributed by atoms with E-state index in [1.54, 1.807) is 0 Å². The van der Waals surface area contributed by atoms with Crippen molar-refractivity contribution >= 4 is 33.5 Å². The topological polar surface area (TPSA) is 26.3 Å². The number of carbonyl (C=O) groups is 1. The Balaban J connectivity index is 3.47. The van der Waals surface area contributed by atoms with Crippen LogP contribution in [0.2, 0.25) is 0 Å². The van der Waals surface area contributed by atoms with Crippen LogP contribution >= 0.6 is 24.0 Å². The van der Waals surface area contributed by atoms with Gasteiger partial charge in [0, 0.05) is 6.42 Å². The van der Waals surface area contributed by atoms with E-state index >= 15 is 0 Å². The molecule has 0 bridgehead atoms. The second-order valence-corrected chi connectivity index (χ2v) is 3.92. The lowest BCUT2D eigenvalue weighted by molar-refractivity contribution is -0.111. The third-order valence-corrected chi connectivity index (χ3v) is 2.28. The number of thiocarbonyl (C=S) groups is 1. The maximum Gasteiger partial charge on any atom is 0.227 e. The molecule has 0 aliphatic heterocycles. The highest BCUT2D eigenvalue weighted by Gasteiger charge is 2.06. The fourth-order valence-electron chi connectivity index (χ4n) is 0.612. The molecule has 70 valence electrons. The SMILES string of the molecule is CCCCC(=O)SC(=S)OCC. The van der Waals surface area contributed by atoms with Crippen molar-refractivity contribution in [3.05, 3.63) is 0 Å². The summed E-state index contributed by atoms with van der Waals surface area (Å²) >= 11 is 5.83. The van der Waals surface area contributed by atoms with Crippen molar-refractivity contribution in [2.24, 2.45) is 0 Å². The van der Waals surface area contributed by atoms with E-state index in [1.807, 2.05) is 6.92 Å². The van der Waals surface area contributed by atoms with Crippen LogP contribution in [-0.4, -0.2) is 16.1 Å². The normalized spacial score (nSPS) is 9.50. The molecular formula is C8H14O2S2. The van der Waals surface area contributed by atoms with Crippen molar-refractivity contribution in [1.29, 1.82) is 0 Å². The van der Waals surface area contributed by atoms with Gasteiger partial charge in [0.25, 0.3) is 0 Å². The van der Waals surface area contributed by atoms with Gasteiger partial charge in [0.1, 0.15) is 0 Å². The molecule has 0 aliphatic carbocycles. The Kier molecular flexibility index (Phi) is 7.50. The Morgan fingerprint density at radius 1 is 1.50 bits per heavy atom. The molecule has 0 fully saturated rings. The summed E-state index contributed by atoms with van der Waals surface area (Å²) in [5, 5.41) is 0.107. The lowest BCUT2D eigenvalue weighted by Gasteiger charge is -2.01. The number of hydrogen-bond donors (Lipinski definition) is 0. The summed E-state index contributed by atoms with van der Waals surface area (Å²) < 4.78 is 5.31. The number of carbonyl (C=O) groups excluding carboxylic acids is 1. The smallest absolute Gasteiger partial charge is 0.227 e. The van der Waals surface area contributed by atoms with Crippen molar-refractivity contribution in [2.45, 2.75) is 33.1 Å². The van der Waals surface area contributed by atoms with E-state index in [1.165, 1.54) is 0 Å². The fraction of sp³-hybridized carbons (Fsp3) is 0.750. The first-order chi connectivity index (χ1) is 5.70. The van der Waals surface area contributed by atoms with Crippen LogP contribution in [0.3, 0.4) is 0 Å². The van der Waals surface area contributed by atoms with Crippen LogP contribution in [0.1, 0.15) is 33.1 Å². The van der Waals surface area contributed by atoms with Crippen molar-refractivity contribution in [2.75, 3.05) is 6.61 Å². The molecule has 0 aromatic carbocycles. The predicted octanol–water partition coefficient (Wildman–Crippen LogP) is 2.76. The predicted molar refractivity (Wildman–Crippen MR) is 56.3 cm³/mol. The molecule has 4 heteroatoms. The number of unbranched alkanes of at least 4 members (excludes halogenated alkanes) is 1. The molecule has 0 heterocycles. The van der Waals surface area contributed by atoms with Gasteiger partial charge in [0.05, 0.1) is 6.61 Å². The van der Waals surface area contributed by atoms with Gasteiger partial charge in [-0.15, -0.1) is 0 Å². The second-order valence-electron chi connectivity index (χ2n) is 2.26. The highest BCUT2D eigenvalue weighted by molar-refractivity contribution is 8.32. The molecule has 0 saturated heterocycles. The zero-order chi connectivity index (χ0) is 9.40. The molecule has 12 heavy (non-hydrogen) atoms. The summed E-state index contributed by atoms with van der Waals surface area (Å²) in [5.74, 6) is 0. The van der Waals surface area contributed by atoms with Crippen LogP contribution in [-0.2, 0) is 9.53 Å². The first-order valence-electron chi connectivity index (χ1n) is 4.08. The minimum Gasteiger partial charge on any atom is -0.479 e. The monoisotopic (exact) mass is 206 g/mol. The highest BCUT2D eigenvalue weighted by atomic mass is 32.2. The molecule has 0 N–H and O–H groups in total. The van der Waals surface area contributed by atoms with E-state index in [-0.39, 0.29) is 5.12 Å². The van der Waals surface area contributed by atoms with Crippen LogP contribution in [0.5, 0.6) is 0 Å². The number of rotatable bonds is 4. The molecule has 2 nitrogen and oxygen atoms in total. The minimum atomic E-state index is 0.107. The summed E-state index contributed by atoms with van der Waals surface area (Å²) in [6, 6.07) is 0. The second kappa shape index (κ2) is 7.55.